The fourth-order valence-corrected chi connectivity index (χ4v) is 5.24. The Kier molecular flexibility index (Phi) is 4.46. The Labute approximate surface area is 153 Å². The lowest BCUT2D eigenvalue weighted by atomic mass is 10.1. The molecule has 0 spiro atoms. The van der Waals surface area contributed by atoms with E-state index in [0.717, 1.165) is 19.5 Å². The van der Waals surface area contributed by atoms with Crippen LogP contribution in [0.15, 0.2) is 53.4 Å². The topological polar surface area (TPSA) is 52.7 Å². The highest BCUT2D eigenvalue weighted by Crippen LogP contribution is 2.31. The van der Waals surface area contributed by atoms with Crippen LogP contribution in [0.3, 0.4) is 0 Å². The van der Waals surface area contributed by atoms with E-state index in [-0.39, 0.29) is 10.9 Å². The average Bonchev–Trinajstić information content (AvgIpc) is 2.89. The number of fused-ring (bicyclic) bond motifs is 2. The number of halogens is 1. The number of benzene rings is 2. The molecule has 1 N–H and O–H groups in total. The van der Waals surface area contributed by atoms with Gasteiger partial charge in [-0.3, -0.25) is 4.90 Å². The molecule has 0 radical (unpaired) electrons. The second-order valence-corrected chi connectivity index (χ2v) is 8.81. The summed E-state index contributed by atoms with van der Waals surface area (Å²) >= 11 is 0. The molecule has 2 aromatic carbocycles. The molecule has 7 heteroatoms. The largest absolute Gasteiger partial charge is 0.373 e. The van der Waals surface area contributed by atoms with Gasteiger partial charge in [0, 0.05) is 44.5 Å². The molecule has 2 aliphatic rings. The number of hydrogen-bond acceptors (Lipinski definition) is 4. The van der Waals surface area contributed by atoms with Crippen molar-refractivity contribution in [1.29, 1.82) is 0 Å². The summed E-state index contributed by atoms with van der Waals surface area (Å²) in [6, 6.07) is 13.4. The number of rotatable bonds is 3. The van der Waals surface area contributed by atoms with Gasteiger partial charge in [0.2, 0.25) is 10.0 Å². The van der Waals surface area contributed by atoms with Crippen LogP contribution in [0.2, 0.25) is 0 Å². The quantitative estimate of drug-likeness (QED) is 0.894. The van der Waals surface area contributed by atoms with Crippen molar-refractivity contribution in [2.45, 2.75) is 29.9 Å². The third kappa shape index (κ3) is 3.34. The van der Waals surface area contributed by atoms with Gasteiger partial charge in [-0.25, -0.2) is 17.5 Å². The summed E-state index contributed by atoms with van der Waals surface area (Å²) in [5, 5.41) is 0. The first kappa shape index (κ1) is 17.5. The molecule has 5 nitrogen and oxygen atoms in total. The van der Waals surface area contributed by atoms with Gasteiger partial charge >= 0.3 is 0 Å². The van der Waals surface area contributed by atoms with E-state index in [4.69, 9.17) is 0 Å². The van der Waals surface area contributed by atoms with Crippen LogP contribution in [0.1, 0.15) is 12.0 Å². The van der Waals surface area contributed by atoms with Crippen molar-refractivity contribution in [3.05, 3.63) is 59.9 Å². The molecule has 4 rings (SSSR count). The van der Waals surface area contributed by atoms with Crippen molar-refractivity contribution in [3.8, 4) is 0 Å². The molecule has 0 aliphatic carbocycles. The zero-order valence-corrected chi connectivity index (χ0v) is 15.4. The molecule has 2 aromatic rings. The Balaban J connectivity index is 1.50. The van der Waals surface area contributed by atoms with Crippen LogP contribution in [0.5, 0.6) is 0 Å². The molecule has 0 saturated carbocycles. The van der Waals surface area contributed by atoms with Crippen molar-refractivity contribution >= 4 is 15.7 Å². The molecule has 1 saturated heterocycles. The highest BCUT2D eigenvalue weighted by Gasteiger charge is 2.37. The molecule has 0 amide bonds. The van der Waals surface area contributed by atoms with Crippen LogP contribution in [0, 0.1) is 5.82 Å². The molecule has 138 valence electrons. The number of likely N-dealkylation sites (N-methyl/N-ethyl adjacent to an activating group) is 1. The number of nitrogens with zero attached hydrogens (tertiary/aromatic N) is 2. The summed E-state index contributed by atoms with van der Waals surface area (Å²) in [6.45, 7) is 2.36. The Morgan fingerprint density at radius 2 is 1.81 bits per heavy atom. The van der Waals surface area contributed by atoms with Gasteiger partial charge in [-0.05, 0) is 42.3 Å². The normalized spacial score (nSPS) is 23.4. The van der Waals surface area contributed by atoms with Gasteiger partial charge < -0.3 is 4.90 Å². The number of para-hydroxylation sites is 1. The fraction of sp³-hybridized carbons (Fsp3) is 0.368. The summed E-state index contributed by atoms with van der Waals surface area (Å²) < 4.78 is 41.0. The predicted octanol–water partition coefficient (Wildman–Crippen LogP) is 2.20. The van der Waals surface area contributed by atoms with E-state index in [1.165, 1.54) is 35.5 Å². The highest BCUT2D eigenvalue weighted by molar-refractivity contribution is 7.89. The lowest BCUT2D eigenvalue weighted by Gasteiger charge is -2.24. The molecular formula is C19H22FN3O2S. The van der Waals surface area contributed by atoms with Gasteiger partial charge in [-0.15, -0.1) is 0 Å². The van der Waals surface area contributed by atoms with Crippen molar-refractivity contribution in [2.75, 3.05) is 25.0 Å². The third-order valence-electron chi connectivity index (χ3n) is 5.23. The zero-order valence-electron chi connectivity index (χ0n) is 14.6. The fourth-order valence-electron chi connectivity index (χ4n) is 4.00. The standard InChI is InChI=1S/C19H22FN3O2S/c1-22-13-17-10-16(12-23(17)11-14-4-2-3-5-19(14)22)21-26(24,25)18-8-6-15(20)7-9-18/h2-9,16-17,21H,10-13H2,1H3/t16-,17-/m0/s1. The Bertz CT molecular complexity index is 901. The molecule has 2 atom stereocenters. The molecular weight excluding hydrogens is 353 g/mol. The van der Waals surface area contributed by atoms with Gasteiger partial charge in [-0.1, -0.05) is 18.2 Å². The number of hydrogen-bond donors (Lipinski definition) is 1. The molecule has 2 heterocycles. The lowest BCUT2D eigenvalue weighted by Crippen LogP contribution is -2.37. The first-order chi connectivity index (χ1) is 12.4. The lowest BCUT2D eigenvalue weighted by molar-refractivity contribution is 0.254. The predicted molar refractivity (Wildman–Crippen MR) is 99.0 cm³/mol. The van der Waals surface area contributed by atoms with E-state index in [1.807, 2.05) is 12.1 Å². The monoisotopic (exact) mass is 375 g/mol. The second kappa shape index (κ2) is 6.64. The summed E-state index contributed by atoms with van der Waals surface area (Å²) in [6.07, 6.45) is 0.763. The SMILES string of the molecule is CN1C[C@@H]2C[C@H](NS(=O)(=O)c3ccc(F)cc3)CN2Cc2ccccc21. The van der Waals surface area contributed by atoms with Crippen LogP contribution in [0.25, 0.3) is 0 Å². The first-order valence-corrected chi connectivity index (χ1v) is 10.2. The van der Waals surface area contributed by atoms with Gasteiger partial charge in [-0.2, -0.15) is 0 Å². The van der Waals surface area contributed by atoms with Crippen molar-refractivity contribution in [1.82, 2.24) is 9.62 Å². The molecule has 1 fully saturated rings. The first-order valence-electron chi connectivity index (χ1n) is 8.73. The van der Waals surface area contributed by atoms with Crippen LogP contribution < -0.4 is 9.62 Å². The van der Waals surface area contributed by atoms with Gasteiger partial charge in [0.05, 0.1) is 4.90 Å². The summed E-state index contributed by atoms with van der Waals surface area (Å²) in [5.74, 6) is -0.445. The van der Waals surface area contributed by atoms with E-state index in [9.17, 15) is 12.8 Å². The van der Waals surface area contributed by atoms with E-state index < -0.39 is 15.8 Å². The summed E-state index contributed by atoms with van der Waals surface area (Å²) in [4.78, 5) is 4.69. The maximum Gasteiger partial charge on any atom is 0.240 e. The minimum absolute atomic E-state index is 0.100. The van der Waals surface area contributed by atoms with Gasteiger partial charge in [0.1, 0.15) is 5.82 Å². The number of sulfonamides is 1. The summed E-state index contributed by atoms with van der Waals surface area (Å²) in [5.41, 5.74) is 2.50. The minimum Gasteiger partial charge on any atom is -0.373 e. The number of nitrogens with one attached hydrogen (secondary N) is 1. The van der Waals surface area contributed by atoms with Crippen LogP contribution in [-0.2, 0) is 16.6 Å². The Hall–Kier alpha value is -1.96. The van der Waals surface area contributed by atoms with Crippen molar-refractivity contribution in [3.63, 3.8) is 0 Å². The molecule has 2 aliphatic heterocycles. The van der Waals surface area contributed by atoms with E-state index in [1.54, 1.807) is 0 Å². The second-order valence-electron chi connectivity index (χ2n) is 7.10. The summed E-state index contributed by atoms with van der Waals surface area (Å²) in [7, 11) is -1.56. The Morgan fingerprint density at radius 1 is 1.08 bits per heavy atom. The molecule has 0 aromatic heterocycles. The van der Waals surface area contributed by atoms with Crippen LogP contribution in [0.4, 0.5) is 10.1 Å². The van der Waals surface area contributed by atoms with Gasteiger partial charge in [0.15, 0.2) is 0 Å². The van der Waals surface area contributed by atoms with E-state index in [2.05, 4.69) is 33.7 Å². The highest BCUT2D eigenvalue weighted by atomic mass is 32.2. The third-order valence-corrected chi connectivity index (χ3v) is 6.77. The molecule has 0 unspecified atom stereocenters. The van der Waals surface area contributed by atoms with E-state index in [0.29, 0.717) is 12.6 Å². The maximum atomic E-state index is 13.1. The number of anilines is 1. The van der Waals surface area contributed by atoms with Crippen LogP contribution in [-0.4, -0.2) is 45.5 Å². The van der Waals surface area contributed by atoms with Crippen molar-refractivity contribution in [2.24, 2.45) is 0 Å². The maximum absolute atomic E-state index is 13.1. The van der Waals surface area contributed by atoms with Gasteiger partial charge in [0.25, 0.3) is 0 Å². The zero-order chi connectivity index (χ0) is 18.3. The Morgan fingerprint density at radius 3 is 2.58 bits per heavy atom. The molecule has 26 heavy (non-hydrogen) atoms. The van der Waals surface area contributed by atoms with Crippen molar-refractivity contribution < 1.29 is 12.8 Å². The van der Waals surface area contributed by atoms with Crippen LogP contribution >= 0.6 is 0 Å². The smallest absolute Gasteiger partial charge is 0.240 e. The minimum atomic E-state index is -3.64. The molecule has 0 bridgehead atoms. The average molecular weight is 375 g/mol. The van der Waals surface area contributed by atoms with E-state index >= 15 is 0 Å².